The van der Waals surface area contributed by atoms with E-state index < -0.39 is 21.8 Å². The molecular weight excluding hydrogens is 195 g/mol. The van der Waals surface area contributed by atoms with E-state index in [2.05, 4.69) is 4.18 Å². The van der Waals surface area contributed by atoms with E-state index >= 15 is 0 Å². The molecule has 0 heterocycles. The van der Waals surface area contributed by atoms with E-state index in [0.717, 1.165) is 12.0 Å². The summed E-state index contributed by atoms with van der Waals surface area (Å²) < 4.78 is 35.9. The van der Waals surface area contributed by atoms with Gasteiger partial charge in [-0.25, -0.2) is 0 Å². The van der Waals surface area contributed by atoms with Gasteiger partial charge in [0, 0.05) is 0 Å². The SMILES string of the molecule is COSCC(=O)CS(=O)(=O)F. The van der Waals surface area contributed by atoms with Crippen LogP contribution in [0.3, 0.4) is 0 Å². The summed E-state index contributed by atoms with van der Waals surface area (Å²) >= 11 is 0.776. The molecule has 0 N–H and O–H groups in total. The first-order valence-electron chi connectivity index (χ1n) is 2.55. The Bertz CT molecular complexity index is 222. The topological polar surface area (TPSA) is 60.4 Å². The molecule has 0 unspecified atom stereocenters. The molecule has 0 aromatic carbocycles. The lowest BCUT2D eigenvalue weighted by Gasteiger charge is -1.93. The van der Waals surface area contributed by atoms with Crippen LogP contribution in [0.4, 0.5) is 3.89 Å². The summed E-state index contributed by atoms with van der Waals surface area (Å²) in [6, 6.07) is 0. The summed E-state index contributed by atoms with van der Waals surface area (Å²) in [4.78, 5) is 10.5. The van der Waals surface area contributed by atoms with E-state index in [9.17, 15) is 17.1 Å². The molecule has 11 heavy (non-hydrogen) atoms. The number of hydrogen-bond acceptors (Lipinski definition) is 5. The third-order valence-electron chi connectivity index (χ3n) is 0.671. The highest BCUT2D eigenvalue weighted by molar-refractivity contribution is 7.95. The van der Waals surface area contributed by atoms with Gasteiger partial charge in [-0.1, -0.05) is 0 Å². The van der Waals surface area contributed by atoms with Gasteiger partial charge in [-0.3, -0.25) is 4.79 Å². The molecule has 0 radical (unpaired) electrons. The number of rotatable bonds is 5. The number of hydrogen-bond donors (Lipinski definition) is 0. The number of carbonyl (C=O) groups is 1. The molecule has 0 amide bonds. The molecule has 0 atom stereocenters. The summed E-state index contributed by atoms with van der Waals surface area (Å²) in [5, 5.41) is 0. The monoisotopic (exact) mass is 202 g/mol. The van der Waals surface area contributed by atoms with Gasteiger partial charge < -0.3 is 4.18 Å². The van der Waals surface area contributed by atoms with Crippen molar-refractivity contribution in [3.8, 4) is 0 Å². The van der Waals surface area contributed by atoms with Crippen LogP contribution in [-0.4, -0.2) is 32.8 Å². The molecule has 0 saturated carbocycles. The minimum atomic E-state index is -4.67. The van der Waals surface area contributed by atoms with E-state index in [1.807, 2.05) is 0 Å². The van der Waals surface area contributed by atoms with E-state index in [4.69, 9.17) is 0 Å². The summed E-state index contributed by atoms with van der Waals surface area (Å²) in [5.41, 5.74) is 0. The molecule has 66 valence electrons. The van der Waals surface area contributed by atoms with Gasteiger partial charge in [-0.2, -0.15) is 8.42 Å². The molecular formula is C4H7FO4S2. The molecule has 0 rings (SSSR count). The Morgan fingerprint density at radius 1 is 1.64 bits per heavy atom. The van der Waals surface area contributed by atoms with Crippen LogP contribution in [0, 0.1) is 0 Å². The van der Waals surface area contributed by atoms with Crippen LogP contribution in [0.25, 0.3) is 0 Å². The zero-order chi connectivity index (χ0) is 8.91. The number of ketones is 1. The lowest BCUT2D eigenvalue weighted by Crippen LogP contribution is -2.13. The Kier molecular flexibility index (Phi) is 4.62. The molecule has 0 aliphatic carbocycles. The molecule has 0 aromatic heterocycles. The minimum absolute atomic E-state index is 0.153. The molecule has 0 fully saturated rings. The fraction of sp³-hybridized carbons (Fsp3) is 0.750. The molecule has 0 aliphatic rings. The van der Waals surface area contributed by atoms with Crippen LogP contribution >= 0.6 is 12.0 Å². The molecule has 0 saturated heterocycles. The smallest absolute Gasteiger partial charge is 0.309 e. The fourth-order valence-corrected chi connectivity index (χ4v) is 1.33. The van der Waals surface area contributed by atoms with Gasteiger partial charge in [-0.15, -0.1) is 3.89 Å². The average molecular weight is 202 g/mol. The third kappa shape index (κ3) is 7.76. The maximum atomic E-state index is 11.8. The standard InChI is InChI=1S/C4H7FO4S2/c1-9-10-2-4(6)3-11(5,7)8/h2-3H2,1H3. The third-order valence-corrected chi connectivity index (χ3v) is 2.01. The van der Waals surface area contributed by atoms with Gasteiger partial charge in [-0.05, 0) is 12.0 Å². The van der Waals surface area contributed by atoms with Crippen LogP contribution in [0.5, 0.6) is 0 Å². The Morgan fingerprint density at radius 2 is 2.18 bits per heavy atom. The van der Waals surface area contributed by atoms with Gasteiger partial charge in [0.15, 0.2) is 5.78 Å². The molecule has 0 aromatic rings. The number of halogens is 1. The Morgan fingerprint density at radius 3 is 2.55 bits per heavy atom. The van der Waals surface area contributed by atoms with Crippen molar-refractivity contribution in [2.24, 2.45) is 0 Å². The Labute approximate surface area is 68.5 Å². The van der Waals surface area contributed by atoms with Crippen molar-refractivity contribution < 1.29 is 21.3 Å². The quantitative estimate of drug-likeness (QED) is 0.469. The van der Waals surface area contributed by atoms with Crippen LogP contribution in [0.2, 0.25) is 0 Å². The predicted molar refractivity (Wildman–Crippen MR) is 39.4 cm³/mol. The van der Waals surface area contributed by atoms with Crippen molar-refractivity contribution in [3.05, 3.63) is 0 Å². The largest absolute Gasteiger partial charge is 0.318 e. The second-order valence-electron chi connectivity index (χ2n) is 1.65. The molecule has 0 spiro atoms. The number of Topliss-reactive ketones (excluding diaryl/α,β-unsaturated/α-hetero) is 1. The first kappa shape index (κ1) is 10.9. The lowest BCUT2D eigenvalue weighted by molar-refractivity contribution is -0.114. The van der Waals surface area contributed by atoms with Crippen molar-refractivity contribution >= 4 is 28.0 Å². The van der Waals surface area contributed by atoms with Crippen LogP contribution < -0.4 is 0 Å². The zero-order valence-electron chi connectivity index (χ0n) is 5.74. The lowest BCUT2D eigenvalue weighted by atomic mass is 10.5. The van der Waals surface area contributed by atoms with E-state index in [0.29, 0.717) is 0 Å². The number of carbonyl (C=O) groups excluding carboxylic acids is 1. The normalized spacial score (nSPS) is 11.5. The minimum Gasteiger partial charge on any atom is -0.318 e. The first-order chi connectivity index (χ1) is 4.95. The molecule has 0 bridgehead atoms. The van der Waals surface area contributed by atoms with Crippen molar-refractivity contribution in [2.75, 3.05) is 18.6 Å². The summed E-state index contributed by atoms with van der Waals surface area (Å²) in [6.45, 7) is 0. The average Bonchev–Trinajstić information content (AvgIpc) is 1.79. The first-order valence-corrected chi connectivity index (χ1v) is 5.01. The maximum Gasteiger partial charge on any atom is 0.309 e. The summed E-state index contributed by atoms with van der Waals surface area (Å²) in [7, 11) is -3.34. The van der Waals surface area contributed by atoms with Gasteiger partial charge in [0.1, 0.15) is 5.75 Å². The van der Waals surface area contributed by atoms with Gasteiger partial charge >= 0.3 is 10.2 Å². The fourth-order valence-electron chi connectivity index (χ4n) is 0.359. The zero-order valence-corrected chi connectivity index (χ0v) is 7.37. The summed E-state index contributed by atoms with van der Waals surface area (Å²) in [5.74, 6) is -1.93. The van der Waals surface area contributed by atoms with E-state index in [1.54, 1.807) is 0 Å². The Hall–Kier alpha value is -0.140. The van der Waals surface area contributed by atoms with E-state index in [1.165, 1.54) is 7.11 Å². The molecule has 0 aliphatic heterocycles. The highest BCUT2D eigenvalue weighted by Crippen LogP contribution is 2.01. The highest BCUT2D eigenvalue weighted by atomic mass is 32.3. The molecule has 4 nitrogen and oxygen atoms in total. The van der Waals surface area contributed by atoms with Crippen LogP contribution in [0.1, 0.15) is 0 Å². The van der Waals surface area contributed by atoms with Crippen LogP contribution in [0.15, 0.2) is 0 Å². The maximum absolute atomic E-state index is 11.8. The van der Waals surface area contributed by atoms with Crippen molar-refractivity contribution in [1.29, 1.82) is 0 Å². The second-order valence-corrected chi connectivity index (χ2v) is 3.87. The summed E-state index contributed by atoms with van der Waals surface area (Å²) in [6.07, 6.45) is 0. The van der Waals surface area contributed by atoms with Crippen molar-refractivity contribution in [2.45, 2.75) is 0 Å². The predicted octanol–water partition coefficient (Wildman–Crippen LogP) is 0.149. The molecule has 7 heteroatoms. The van der Waals surface area contributed by atoms with E-state index in [-0.39, 0.29) is 5.75 Å². The van der Waals surface area contributed by atoms with Gasteiger partial charge in [0.2, 0.25) is 0 Å². The van der Waals surface area contributed by atoms with Crippen molar-refractivity contribution in [3.63, 3.8) is 0 Å². The van der Waals surface area contributed by atoms with Gasteiger partial charge in [0.05, 0.1) is 12.9 Å². The highest BCUT2D eigenvalue weighted by Gasteiger charge is 2.14. The van der Waals surface area contributed by atoms with Gasteiger partial charge in [0.25, 0.3) is 0 Å². The van der Waals surface area contributed by atoms with Crippen molar-refractivity contribution in [1.82, 2.24) is 0 Å². The Balaban J connectivity index is 3.71. The van der Waals surface area contributed by atoms with Crippen LogP contribution in [-0.2, 0) is 19.2 Å². The second kappa shape index (κ2) is 4.68.